The molecule has 0 aromatic carbocycles. The van der Waals surface area contributed by atoms with Crippen LogP contribution in [0.1, 0.15) is 20.8 Å². The SMILES string of the molecule is CC(=O)N[C@H](C(=O)[O-])C(C)(C)SN=O. The largest absolute Gasteiger partial charge is 0.548 e. The van der Waals surface area contributed by atoms with Gasteiger partial charge in [0.2, 0.25) is 5.91 Å². The second-order valence-electron chi connectivity index (χ2n) is 3.22. The molecule has 80 valence electrons. The maximum Gasteiger partial charge on any atom is 0.217 e. The second kappa shape index (κ2) is 4.94. The molecule has 0 unspecified atom stereocenters. The number of hydrogen-bond donors (Lipinski definition) is 1. The summed E-state index contributed by atoms with van der Waals surface area (Å²) >= 11 is 0.546. The molecule has 0 radical (unpaired) electrons. The standard InChI is InChI=1S/C7H12N2O4S/c1-4(10)8-5(6(11)12)7(2,3)14-9-13/h5H,1-3H3,(H,8,10)(H,11,12)/p-1/t5-/m1/s1. The number of carboxylic acid groups (broad SMARTS) is 1. The van der Waals surface area contributed by atoms with Gasteiger partial charge in [-0.15, -0.1) is 4.91 Å². The lowest BCUT2D eigenvalue weighted by Gasteiger charge is -2.31. The molecule has 0 aromatic heterocycles. The van der Waals surface area contributed by atoms with E-state index < -0.39 is 22.7 Å². The predicted molar refractivity (Wildman–Crippen MR) is 50.1 cm³/mol. The molecule has 0 rings (SSSR count). The van der Waals surface area contributed by atoms with Crippen LogP contribution in [0.4, 0.5) is 0 Å². The molecule has 0 fully saturated rings. The van der Waals surface area contributed by atoms with Gasteiger partial charge in [-0.25, -0.2) is 0 Å². The third-order valence-electron chi connectivity index (χ3n) is 1.55. The summed E-state index contributed by atoms with van der Waals surface area (Å²) in [6.07, 6.45) is 0. The van der Waals surface area contributed by atoms with E-state index in [1.54, 1.807) is 0 Å². The van der Waals surface area contributed by atoms with E-state index in [1.807, 2.05) is 0 Å². The normalized spacial score (nSPS) is 13.1. The number of carbonyl (C=O) groups excluding carboxylic acids is 2. The molecule has 1 N–H and O–H groups in total. The van der Waals surface area contributed by atoms with Crippen molar-refractivity contribution in [1.29, 1.82) is 0 Å². The number of nitrogens with zero attached hydrogens (tertiary/aromatic N) is 1. The number of nitroso groups, excluding NO2 is 1. The molecule has 0 aliphatic heterocycles. The van der Waals surface area contributed by atoms with Crippen LogP contribution in [0, 0.1) is 4.91 Å². The number of amides is 1. The Kier molecular flexibility index (Phi) is 4.55. The van der Waals surface area contributed by atoms with Gasteiger partial charge in [-0.2, -0.15) is 0 Å². The highest BCUT2D eigenvalue weighted by molar-refractivity contribution is 7.99. The summed E-state index contributed by atoms with van der Waals surface area (Å²) in [4.78, 5) is 31.4. The molecule has 0 saturated heterocycles. The van der Waals surface area contributed by atoms with E-state index in [2.05, 4.69) is 9.90 Å². The molecular weight excluding hydrogens is 208 g/mol. The lowest BCUT2D eigenvalue weighted by Crippen LogP contribution is -2.56. The van der Waals surface area contributed by atoms with Crippen LogP contribution >= 0.6 is 11.9 Å². The zero-order valence-electron chi connectivity index (χ0n) is 8.07. The molecule has 0 spiro atoms. The Balaban J connectivity index is 4.71. The van der Waals surface area contributed by atoms with Crippen molar-refractivity contribution >= 4 is 23.8 Å². The maximum atomic E-state index is 10.7. The fraction of sp³-hybridized carbons (Fsp3) is 0.714. The minimum atomic E-state index is -1.44. The number of rotatable bonds is 5. The Bertz CT molecular complexity index is 254. The molecule has 0 bridgehead atoms. The van der Waals surface area contributed by atoms with Crippen molar-refractivity contribution < 1.29 is 14.7 Å². The summed E-state index contributed by atoms with van der Waals surface area (Å²) in [6.45, 7) is 4.15. The number of nitrogens with one attached hydrogen (secondary N) is 1. The molecule has 0 aromatic rings. The van der Waals surface area contributed by atoms with Gasteiger partial charge in [-0.1, -0.05) is 0 Å². The molecule has 7 heteroatoms. The summed E-state index contributed by atoms with van der Waals surface area (Å²) in [6, 6.07) is -1.25. The number of aliphatic carboxylic acids is 1. The summed E-state index contributed by atoms with van der Waals surface area (Å²) in [7, 11) is 0. The van der Waals surface area contributed by atoms with Crippen LogP contribution in [0.5, 0.6) is 0 Å². The Hall–Kier alpha value is -1.11. The fourth-order valence-corrected chi connectivity index (χ4v) is 1.32. The highest BCUT2D eigenvalue weighted by Crippen LogP contribution is 2.28. The summed E-state index contributed by atoms with van der Waals surface area (Å²) in [5, 5.41) is 12.9. The Morgan fingerprint density at radius 3 is 2.29 bits per heavy atom. The Labute approximate surface area is 85.5 Å². The predicted octanol–water partition coefficient (Wildman–Crippen LogP) is -0.566. The van der Waals surface area contributed by atoms with Crippen LogP contribution in [-0.2, 0) is 9.59 Å². The highest BCUT2D eigenvalue weighted by Gasteiger charge is 2.33. The second-order valence-corrected chi connectivity index (χ2v) is 4.61. The van der Waals surface area contributed by atoms with E-state index in [4.69, 9.17) is 0 Å². The van der Waals surface area contributed by atoms with Crippen molar-refractivity contribution in [1.82, 2.24) is 5.32 Å². The zero-order chi connectivity index (χ0) is 11.4. The molecule has 0 aliphatic carbocycles. The Morgan fingerprint density at radius 2 is 2.00 bits per heavy atom. The van der Waals surface area contributed by atoms with E-state index in [-0.39, 0.29) is 0 Å². The van der Waals surface area contributed by atoms with Gasteiger partial charge in [-0.05, 0) is 13.8 Å². The average Bonchev–Trinajstić information content (AvgIpc) is 1.99. The third kappa shape index (κ3) is 3.73. The van der Waals surface area contributed by atoms with E-state index >= 15 is 0 Å². The first-order valence-corrected chi connectivity index (χ1v) is 4.57. The highest BCUT2D eigenvalue weighted by atomic mass is 32.2. The van der Waals surface area contributed by atoms with Crippen molar-refractivity contribution in [2.75, 3.05) is 0 Å². The number of carbonyl (C=O) groups is 2. The molecule has 14 heavy (non-hydrogen) atoms. The van der Waals surface area contributed by atoms with Crippen molar-refractivity contribution in [3.8, 4) is 0 Å². The minimum Gasteiger partial charge on any atom is -0.548 e. The van der Waals surface area contributed by atoms with Crippen LogP contribution in [0.25, 0.3) is 0 Å². The molecule has 1 amide bonds. The van der Waals surface area contributed by atoms with Gasteiger partial charge in [0.15, 0.2) is 0 Å². The van der Waals surface area contributed by atoms with Crippen LogP contribution in [0.2, 0.25) is 0 Å². The lowest BCUT2D eigenvalue weighted by atomic mass is 10.0. The zero-order valence-corrected chi connectivity index (χ0v) is 8.88. The molecular formula is C7H11N2O4S-. The number of hydrogen-bond acceptors (Lipinski definition) is 6. The van der Waals surface area contributed by atoms with Gasteiger partial charge in [0.25, 0.3) is 0 Å². The average molecular weight is 219 g/mol. The van der Waals surface area contributed by atoms with Crippen molar-refractivity contribution in [2.45, 2.75) is 31.6 Å². The Morgan fingerprint density at radius 1 is 1.50 bits per heavy atom. The van der Waals surface area contributed by atoms with Gasteiger partial charge in [-0.3, -0.25) is 4.79 Å². The number of carboxylic acids is 1. The first-order chi connectivity index (χ1) is 6.31. The first-order valence-electron chi connectivity index (χ1n) is 3.80. The summed E-state index contributed by atoms with van der Waals surface area (Å²) in [5.41, 5.74) is 0. The summed E-state index contributed by atoms with van der Waals surface area (Å²) in [5.74, 6) is -1.94. The van der Waals surface area contributed by atoms with E-state index in [1.165, 1.54) is 20.8 Å². The molecule has 6 nitrogen and oxygen atoms in total. The molecule has 1 atom stereocenters. The van der Waals surface area contributed by atoms with Crippen molar-refractivity contribution in [3.63, 3.8) is 0 Å². The third-order valence-corrected chi connectivity index (χ3v) is 2.33. The van der Waals surface area contributed by atoms with Gasteiger partial charge in [0, 0.05) is 23.5 Å². The first kappa shape index (κ1) is 12.9. The lowest BCUT2D eigenvalue weighted by molar-refractivity contribution is -0.309. The van der Waals surface area contributed by atoms with E-state index in [0.717, 1.165) is 0 Å². The van der Waals surface area contributed by atoms with Crippen LogP contribution < -0.4 is 10.4 Å². The van der Waals surface area contributed by atoms with Gasteiger partial charge in [0.05, 0.1) is 16.8 Å². The van der Waals surface area contributed by atoms with Crippen molar-refractivity contribution in [3.05, 3.63) is 4.91 Å². The smallest absolute Gasteiger partial charge is 0.217 e. The van der Waals surface area contributed by atoms with Crippen LogP contribution in [0.3, 0.4) is 0 Å². The van der Waals surface area contributed by atoms with Crippen LogP contribution in [-0.4, -0.2) is 22.7 Å². The molecule has 0 saturated carbocycles. The topological polar surface area (TPSA) is 98.7 Å². The van der Waals surface area contributed by atoms with E-state index in [9.17, 15) is 19.6 Å². The van der Waals surface area contributed by atoms with Gasteiger partial charge >= 0.3 is 0 Å². The molecule has 0 heterocycles. The van der Waals surface area contributed by atoms with Crippen LogP contribution in [0.15, 0.2) is 4.58 Å². The minimum absolute atomic E-state index is 0.501. The summed E-state index contributed by atoms with van der Waals surface area (Å²) < 4.78 is 1.51. The fourth-order valence-electron chi connectivity index (χ4n) is 0.869. The van der Waals surface area contributed by atoms with Gasteiger partial charge in [0.1, 0.15) is 0 Å². The van der Waals surface area contributed by atoms with Gasteiger partial charge < -0.3 is 15.2 Å². The van der Waals surface area contributed by atoms with Crippen molar-refractivity contribution in [2.24, 2.45) is 4.58 Å². The monoisotopic (exact) mass is 219 g/mol. The molecule has 0 aliphatic rings. The quantitative estimate of drug-likeness (QED) is 0.493. The maximum absolute atomic E-state index is 10.7. The van der Waals surface area contributed by atoms with E-state index in [0.29, 0.717) is 11.9 Å².